The van der Waals surface area contributed by atoms with Gasteiger partial charge in [-0.25, -0.2) is 0 Å². The van der Waals surface area contributed by atoms with Crippen LogP contribution < -0.4 is 0 Å². The summed E-state index contributed by atoms with van der Waals surface area (Å²) in [6.45, 7) is 7.29. The third kappa shape index (κ3) is 4.36. The van der Waals surface area contributed by atoms with E-state index in [1.165, 1.54) is 99.6 Å². The van der Waals surface area contributed by atoms with Crippen molar-refractivity contribution in [3.8, 4) is 11.1 Å². The van der Waals surface area contributed by atoms with Gasteiger partial charge in [0.25, 0.3) is 0 Å². The lowest BCUT2D eigenvalue weighted by molar-refractivity contribution is 0.544. The summed E-state index contributed by atoms with van der Waals surface area (Å²) < 4.78 is 2.74. The zero-order valence-electron chi connectivity index (χ0n) is 34.1. The van der Waals surface area contributed by atoms with Crippen LogP contribution in [0.5, 0.6) is 0 Å². The van der Waals surface area contributed by atoms with Gasteiger partial charge in [0.1, 0.15) is 0 Å². The van der Waals surface area contributed by atoms with Crippen molar-refractivity contribution in [2.24, 2.45) is 22.7 Å². The molecule has 2 heteroatoms. The van der Waals surface area contributed by atoms with E-state index >= 15 is 0 Å². The summed E-state index contributed by atoms with van der Waals surface area (Å²) in [6.07, 6.45) is 0. The van der Waals surface area contributed by atoms with E-state index in [0.717, 1.165) is 0 Å². The van der Waals surface area contributed by atoms with Crippen molar-refractivity contribution in [2.75, 3.05) is 0 Å². The third-order valence-electron chi connectivity index (χ3n) is 15.0. The molecule has 0 radical (unpaired) electrons. The van der Waals surface area contributed by atoms with Gasteiger partial charge in [0.05, 0.1) is 28.4 Å². The van der Waals surface area contributed by atoms with Gasteiger partial charge in [-0.2, -0.15) is 0 Å². The standard InChI is InChI=1S/C58H44N2/c1-35-51-52(35)55(60-49-29-17-14-25-43(49)45-32-36-18-10-11-19-37(36)34-50(45)60)53-44-26-13-15-27-46(44)57(2,3)56(53)59-54(51)38-30-31-42-41-24-12-16-28-47(41)58(48(42)33-38,39-20-6-4-7-21-39)40-22-8-5-9-23-40/h4-35,51-52,55H,1-3H3. The summed E-state index contributed by atoms with van der Waals surface area (Å²) in [5.41, 5.74) is 17.6. The van der Waals surface area contributed by atoms with E-state index in [0.29, 0.717) is 17.8 Å². The fourth-order valence-electron chi connectivity index (χ4n) is 12.3. The molecule has 0 N–H and O–H groups in total. The fourth-order valence-corrected chi connectivity index (χ4v) is 12.3. The Kier molecular flexibility index (Phi) is 6.91. The molecule has 4 atom stereocenters. The summed E-state index contributed by atoms with van der Waals surface area (Å²) in [5.74, 6) is 1.10. The minimum atomic E-state index is -0.466. The highest BCUT2D eigenvalue weighted by atomic mass is 15.1. The molecule has 9 aromatic rings. The Bertz CT molecular complexity index is 3290. The molecule has 60 heavy (non-hydrogen) atoms. The summed E-state index contributed by atoms with van der Waals surface area (Å²) >= 11 is 0. The van der Waals surface area contributed by atoms with E-state index in [4.69, 9.17) is 4.99 Å². The zero-order valence-corrected chi connectivity index (χ0v) is 34.1. The van der Waals surface area contributed by atoms with Gasteiger partial charge in [0.2, 0.25) is 0 Å². The molecular weight excluding hydrogens is 725 g/mol. The minimum Gasteiger partial charge on any atom is -0.332 e. The number of para-hydroxylation sites is 1. The molecule has 0 bridgehead atoms. The second-order valence-electron chi connectivity index (χ2n) is 18.2. The number of fused-ring (bicyclic) bond motifs is 10. The van der Waals surface area contributed by atoms with Crippen molar-refractivity contribution in [3.63, 3.8) is 0 Å². The van der Waals surface area contributed by atoms with Gasteiger partial charge in [0.15, 0.2) is 0 Å². The molecule has 1 fully saturated rings. The second-order valence-corrected chi connectivity index (χ2v) is 18.2. The molecular formula is C58H44N2. The molecule has 0 saturated heterocycles. The monoisotopic (exact) mass is 768 g/mol. The van der Waals surface area contributed by atoms with Crippen LogP contribution in [0.4, 0.5) is 0 Å². The molecule has 0 amide bonds. The lowest BCUT2D eigenvalue weighted by Crippen LogP contribution is -2.28. The van der Waals surface area contributed by atoms with E-state index < -0.39 is 5.41 Å². The largest absolute Gasteiger partial charge is 0.332 e. The number of nitrogens with zero attached hydrogens (tertiary/aromatic N) is 2. The number of allylic oxidation sites excluding steroid dienone is 2. The van der Waals surface area contributed by atoms with Crippen LogP contribution in [0, 0.1) is 17.8 Å². The molecule has 286 valence electrons. The molecule has 4 unspecified atom stereocenters. The maximum Gasteiger partial charge on any atom is 0.0713 e. The molecule has 2 nitrogen and oxygen atoms in total. The quantitative estimate of drug-likeness (QED) is 0.170. The molecule has 2 heterocycles. The van der Waals surface area contributed by atoms with E-state index in [2.05, 4.69) is 213 Å². The number of hydrogen-bond acceptors (Lipinski definition) is 1. The molecule has 1 saturated carbocycles. The summed E-state index contributed by atoms with van der Waals surface area (Å²) in [6, 6.07) is 70.9. The third-order valence-corrected chi connectivity index (χ3v) is 15.0. The number of aromatic nitrogens is 1. The van der Waals surface area contributed by atoms with Gasteiger partial charge in [-0.1, -0.05) is 185 Å². The van der Waals surface area contributed by atoms with Crippen LogP contribution in [0.15, 0.2) is 199 Å². The molecule has 0 spiro atoms. The predicted octanol–water partition coefficient (Wildman–Crippen LogP) is 13.9. The van der Waals surface area contributed by atoms with E-state index in [1.807, 2.05) is 0 Å². The van der Waals surface area contributed by atoms with Crippen LogP contribution in [0.2, 0.25) is 0 Å². The van der Waals surface area contributed by atoms with E-state index in [-0.39, 0.29) is 11.5 Å². The molecule has 3 aliphatic carbocycles. The highest BCUT2D eigenvalue weighted by molar-refractivity contribution is 6.14. The number of rotatable bonds is 4. The molecule has 1 aromatic heterocycles. The van der Waals surface area contributed by atoms with Crippen LogP contribution >= 0.6 is 0 Å². The van der Waals surface area contributed by atoms with Gasteiger partial charge in [0, 0.05) is 33.2 Å². The summed E-state index contributed by atoms with van der Waals surface area (Å²) in [4.78, 5) is 6.07. The Morgan fingerprint density at radius 1 is 0.500 bits per heavy atom. The SMILES string of the molecule is CC1C2C(c3ccc4c(c3)C(c3ccccc3)(c3ccccc3)c3ccccc3-4)=NC3=C(c4ccccc4C3(C)C)C(n3c4ccccc4c4cc5ccccc5cc43)C12. The van der Waals surface area contributed by atoms with Gasteiger partial charge in [-0.05, 0) is 96.9 Å². The van der Waals surface area contributed by atoms with Crippen molar-refractivity contribution in [3.05, 3.63) is 233 Å². The highest BCUT2D eigenvalue weighted by Gasteiger charge is 2.60. The lowest BCUT2D eigenvalue weighted by Gasteiger charge is -2.34. The summed E-state index contributed by atoms with van der Waals surface area (Å²) in [7, 11) is 0. The van der Waals surface area contributed by atoms with Gasteiger partial charge >= 0.3 is 0 Å². The average molecular weight is 769 g/mol. The highest BCUT2D eigenvalue weighted by Crippen LogP contribution is 2.65. The Hall–Kier alpha value is -6.77. The van der Waals surface area contributed by atoms with Gasteiger partial charge in [-0.15, -0.1) is 0 Å². The van der Waals surface area contributed by atoms with Crippen LogP contribution in [0.1, 0.15) is 65.8 Å². The maximum absolute atomic E-state index is 6.07. The molecule has 1 aliphatic heterocycles. The average Bonchev–Trinajstić information content (AvgIpc) is 3.67. The normalized spacial score (nSPS) is 21.6. The topological polar surface area (TPSA) is 17.3 Å². The van der Waals surface area contributed by atoms with Crippen LogP contribution in [-0.2, 0) is 10.8 Å². The number of benzene rings is 8. The Labute approximate surface area is 351 Å². The Morgan fingerprint density at radius 3 is 1.85 bits per heavy atom. The summed E-state index contributed by atoms with van der Waals surface area (Å²) in [5, 5.41) is 5.20. The first-order chi connectivity index (χ1) is 29.5. The van der Waals surface area contributed by atoms with Crippen molar-refractivity contribution < 1.29 is 0 Å². The fraction of sp³-hybridized carbons (Fsp3) is 0.155. The van der Waals surface area contributed by atoms with Crippen LogP contribution in [-0.4, -0.2) is 10.3 Å². The van der Waals surface area contributed by atoms with Crippen molar-refractivity contribution in [2.45, 2.75) is 37.6 Å². The second kappa shape index (κ2) is 12.1. The van der Waals surface area contributed by atoms with Crippen molar-refractivity contribution >= 4 is 43.9 Å². The van der Waals surface area contributed by atoms with Crippen LogP contribution in [0.25, 0.3) is 49.3 Å². The van der Waals surface area contributed by atoms with E-state index in [1.54, 1.807) is 0 Å². The maximum atomic E-state index is 6.07. The first-order valence-electron chi connectivity index (χ1n) is 21.7. The molecule has 13 rings (SSSR count). The first kappa shape index (κ1) is 34.1. The van der Waals surface area contributed by atoms with Gasteiger partial charge < -0.3 is 4.57 Å². The smallest absolute Gasteiger partial charge is 0.0713 e. The van der Waals surface area contributed by atoms with Gasteiger partial charge in [-0.3, -0.25) is 4.99 Å². The number of aliphatic imine (C=N–C) groups is 1. The molecule has 4 aliphatic rings. The zero-order chi connectivity index (χ0) is 39.9. The van der Waals surface area contributed by atoms with E-state index in [9.17, 15) is 0 Å². The predicted molar refractivity (Wildman–Crippen MR) is 249 cm³/mol. The minimum absolute atomic E-state index is 0.110. The Morgan fingerprint density at radius 2 is 1.10 bits per heavy atom. The molecule has 8 aromatic carbocycles. The van der Waals surface area contributed by atoms with Crippen molar-refractivity contribution in [1.82, 2.24) is 4.57 Å². The first-order valence-corrected chi connectivity index (χ1v) is 21.7. The lowest BCUT2D eigenvalue weighted by atomic mass is 9.67. The van der Waals surface area contributed by atoms with Crippen molar-refractivity contribution in [1.29, 1.82) is 0 Å². The Balaban J connectivity index is 1.08. The van der Waals surface area contributed by atoms with Crippen LogP contribution in [0.3, 0.4) is 0 Å². The number of hydrogen-bond donors (Lipinski definition) is 0.